The molecule has 0 radical (unpaired) electrons. The number of benzene rings is 1. The van der Waals surface area contributed by atoms with Crippen LogP contribution in [0.1, 0.15) is 25.0 Å². The Bertz CT molecular complexity index is 524. The summed E-state index contributed by atoms with van der Waals surface area (Å²) in [6, 6.07) is 4.27. The number of anilines is 1. The summed E-state index contributed by atoms with van der Waals surface area (Å²) in [5.41, 5.74) is 0.0502. The largest absolute Gasteiger partial charge is 0.416 e. The molecule has 0 aromatic heterocycles. The average molecular weight is 302 g/mol. The van der Waals surface area contributed by atoms with Crippen LogP contribution in [0.25, 0.3) is 0 Å². The molecule has 1 aliphatic rings. The molecule has 2 rings (SSSR count). The van der Waals surface area contributed by atoms with Crippen LogP contribution in [0, 0.1) is 12.8 Å². The van der Waals surface area contributed by atoms with E-state index in [4.69, 9.17) is 0 Å². The van der Waals surface area contributed by atoms with E-state index in [0.717, 1.165) is 6.07 Å². The van der Waals surface area contributed by atoms with Crippen LogP contribution >= 0.6 is 11.8 Å². The zero-order chi connectivity index (χ0) is 14.9. The van der Waals surface area contributed by atoms with E-state index >= 15 is 0 Å². The van der Waals surface area contributed by atoms with Crippen LogP contribution in [0.5, 0.6) is 0 Å². The molecule has 1 aromatic rings. The van der Waals surface area contributed by atoms with Crippen molar-refractivity contribution in [1.82, 2.24) is 0 Å². The van der Waals surface area contributed by atoms with Gasteiger partial charge in [-0.1, -0.05) is 31.7 Å². The van der Waals surface area contributed by atoms with Crippen molar-refractivity contribution in [2.45, 2.75) is 32.2 Å². The molecule has 1 aliphatic heterocycles. The molecule has 1 N–H and O–H groups in total. The monoisotopic (exact) mass is 302 g/mol. The topological polar surface area (TPSA) is 24.4 Å². The highest BCUT2D eigenvalue weighted by atomic mass is 32.2. The third-order valence-corrected chi connectivity index (χ3v) is 4.67. The first-order valence-electron chi connectivity index (χ1n) is 6.43. The number of hydrogen-bond acceptors (Lipinski definition) is 3. The SMILES string of the molecule is Cc1ccc(NC2=NCC(C(C)C)S2)cc1C(F)(F)F. The molecule has 0 amide bonds. The van der Waals surface area contributed by atoms with Gasteiger partial charge in [0, 0.05) is 10.9 Å². The summed E-state index contributed by atoms with van der Waals surface area (Å²) in [6.45, 7) is 6.40. The van der Waals surface area contributed by atoms with Gasteiger partial charge >= 0.3 is 6.18 Å². The van der Waals surface area contributed by atoms with Crippen LogP contribution in [-0.4, -0.2) is 17.0 Å². The van der Waals surface area contributed by atoms with Crippen LogP contribution in [0.3, 0.4) is 0 Å². The average Bonchev–Trinajstić information content (AvgIpc) is 2.79. The number of aryl methyl sites for hydroxylation is 1. The Balaban J connectivity index is 2.12. The normalized spacial score (nSPS) is 19.4. The highest BCUT2D eigenvalue weighted by molar-refractivity contribution is 8.15. The molecular formula is C14H17F3N2S. The Labute approximate surface area is 120 Å². The number of thioether (sulfide) groups is 1. The summed E-state index contributed by atoms with van der Waals surface area (Å²) in [7, 11) is 0. The fourth-order valence-corrected chi connectivity index (χ4v) is 2.97. The first-order chi connectivity index (χ1) is 9.27. The molecular weight excluding hydrogens is 285 g/mol. The van der Waals surface area contributed by atoms with Gasteiger partial charge in [-0.25, -0.2) is 0 Å². The van der Waals surface area contributed by atoms with Crippen LogP contribution in [0.4, 0.5) is 18.9 Å². The van der Waals surface area contributed by atoms with Crippen LogP contribution in [0.15, 0.2) is 23.2 Å². The smallest absolute Gasteiger partial charge is 0.335 e. The minimum absolute atomic E-state index is 0.226. The Hall–Kier alpha value is -1.17. The summed E-state index contributed by atoms with van der Waals surface area (Å²) >= 11 is 1.59. The molecule has 1 aromatic carbocycles. The number of aliphatic imine (C=N–C) groups is 1. The molecule has 110 valence electrons. The molecule has 1 atom stereocenters. The van der Waals surface area contributed by atoms with Gasteiger partial charge in [0.2, 0.25) is 0 Å². The minimum atomic E-state index is -4.33. The zero-order valence-corrected chi connectivity index (χ0v) is 12.4. The molecule has 6 heteroatoms. The second kappa shape index (κ2) is 5.68. The number of nitrogens with one attached hydrogen (secondary N) is 1. The first kappa shape index (κ1) is 15.2. The highest BCUT2D eigenvalue weighted by Crippen LogP contribution is 2.34. The zero-order valence-electron chi connectivity index (χ0n) is 11.6. The molecule has 0 spiro atoms. The standard InChI is InChI=1S/C14H17F3N2S/c1-8(2)12-7-18-13(20-12)19-10-5-4-9(3)11(6-10)14(15,16)17/h4-6,8,12H,7H2,1-3H3,(H,18,19). The maximum Gasteiger partial charge on any atom is 0.416 e. The van der Waals surface area contributed by atoms with Crippen molar-refractivity contribution in [2.24, 2.45) is 10.9 Å². The van der Waals surface area contributed by atoms with E-state index in [2.05, 4.69) is 24.2 Å². The van der Waals surface area contributed by atoms with Gasteiger partial charge in [0.05, 0.1) is 12.1 Å². The third kappa shape index (κ3) is 3.48. The molecule has 0 bridgehead atoms. The van der Waals surface area contributed by atoms with Crippen LogP contribution < -0.4 is 5.32 Å². The van der Waals surface area contributed by atoms with E-state index in [1.54, 1.807) is 17.8 Å². The number of amidine groups is 1. The number of rotatable bonds is 2. The van der Waals surface area contributed by atoms with Crippen molar-refractivity contribution in [2.75, 3.05) is 11.9 Å². The van der Waals surface area contributed by atoms with Crippen molar-refractivity contribution in [3.05, 3.63) is 29.3 Å². The van der Waals surface area contributed by atoms with Crippen LogP contribution in [-0.2, 0) is 6.18 Å². The maximum absolute atomic E-state index is 12.8. The van der Waals surface area contributed by atoms with Crippen molar-refractivity contribution >= 4 is 22.6 Å². The Morgan fingerprint density at radius 1 is 1.35 bits per heavy atom. The summed E-state index contributed by atoms with van der Waals surface area (Å²) < 4.78 is 38.5. The Morgan fingerprint density at radius 2 is 2.05 bits per heavy atom. The van der Waals surface area contributed by atoms with Crippen molar-refractivity contribution in [3.8, 4) is 0 Å². The predicted octanol–water partition coefficient (Wildman–Crippen LogP) is 4.55. The van der Waals surface area contributed by atoms with Crippen molar-refractivity contribution in [1.29, 1.82) is 0 Å². The quantitative estimate of drug-likeness (QED) is 0.866. The Kier molecular flexibility index (Phi) is 4.32. The number of alkyl halides is 3. The first-order valence-corrected chi connectivity index (χ1v) is 7.31. The Morgan fingerprint density at radius 3 is 2.60 bits per heavy atom. The number of halogens is 3. The second-order valence-electron chi connectivity index (χ2n) is 5.20. The van der Waals surface area contributed by atoms with E-state index in [9.17, 15) is 13.2 Å². The summed E-state index contributed by atoms with van der Waals surface area (Å²) in [4.78, 5) is 4.34. The predicted molar refractivity (Wildman–Crippen MR) is 78.3 cm³/mol. The summed E-state index contributed by atoms with van der Waals surface area (Å²) in [6.07, 6.45) is -4.33. The lowest BCUT2D eigenvalue weighted by atomic mass is 10.1. The minimum Gasteiger partial charge on any atom is -0.335 e. The van der Waals surface area contributed by atoms with E-state index in [-0.39, 0.29) is 5.56 Å². The van der Waals surface area contributed by atoms with Gasteiger partial charge in [0.1, 0.15) is 0 Å². The molecule has 0 fully saturated rings. The maximum atomic E-state index is 12.8. The van der Waals surface area contributed by atoms with Gasteiger partial charge in [-0.15, -0.1) is 0 Å². The fraction of sp³-hybridized carbons (Fsp3) is 0.500. The van der Waals surface area contributed by atoms with Crippen LogP contribution in [0.2, 0.25) is 0 Å². The van der Waals surface area contributed by atoms with Gasteiger partial charge in [-0.3, -0.25) is 4.99 Å². The molecule has 0 saturated carbocycles. The molecule has 0 saturated heterocycles. The summed E-state index contributed by atoms with van der Waals surface area (Å²) in [5.74, 6) is 0.492. The molecule has 2 nitrogen and oxygen atoms in total. The molecule has 1 heterocycles. The van der Waals surface area contributed by atoms with Gasteiger partial charge in [-0.05, 0) is 30.5 Å². The molecule has 1 unspecified atom stereocenters. The van der Waals surface area contributed by atoms with Gasteiger partial charge in [-0.2, -0.15) is 13.2 Å². The lowest BCUT2D eigenvalue weighted by Gasteiger charge is -2.14. The van der Waals surface area contributed by atoms with Gasteiger partial charge < -0.3 is 5.32 Å². The summed E-state index contributed by atoms with van der Waals surface area (Å²) in [5, 5.41) is 4.07. The highest BCUT2D eigenvalue weighted by Gasteiger charge is 2.32. The van der Waals surface area contributed by atoms with E-state index in [0.29, 0.717) is 28.6 Å². The molecule has 20 heavy (non-hydrogen) atoms. The van der Waals surface area contributed by atoms with Gasteiger partial charge in [0.15, 0.2) is 5.17 Å². The van der Waals surface area contributed by atoms with Crippen molar-refractivity contribution < 1.29 is 13.2 Å². The van der Waals surface area contributed by atoms with Crippen molar-refractivity contribution in [3.63, 3.8) is 0 Å². The lowest BCUT2D eigenvalue weighted by Crippen LogP contribution is -2.13. The van der Waals surface area contributed by atoms with E-state index in [1.165, 1.54) is 13.0 Å². The van der Waals surface area contributed by atoms with E-state index in [1.807, 2.05) is 0 Å². The number of nitrogens with zero attached hydrogens (tertiary/aromatic N) is 1. The third-order valence-electron chi connectivity index (χ3n) is 3.22. The molecule has 0 aliphatic carbocycles. The van der Waals surface area contributed by atoms with Gasteiger partial charge in [0.25, 0.3) is 0 Å². The lowest BCUT2D eigenvalue weighted by molar-refractivity contribution is -0.138. The fourth-order valence-electron chi connectivity index (χ4n) is 1.94. The number of hydrogen-bond donors (Lipinski definition) is 1. The second-order valence-corrected chi connectivity index (χ2v) is 6.43. The van der Waals surface area contributed by atoms with E-state index < -0.39 is 11.7 Å².